The highest BCUT2D eigenvalue weighted by Crippen LogP contribution is 2.29. The number of hydroxylamine groups is 2. The van der Waals surface area contributed by atoms with E-state index in [1.165, 1.54) is 5.39 Å². The SMILES string of the molecule is CC(ON1CC1)c1ccc([N+](=O)[O-])c(Cc2ccc3ccccc3c2)c1. The third-order valence-electron chi connectivity index (χ3n) is 4.69. The van der Waals surface area contributed by atoms with Crippen LogP contribution in [0.3, 0.4) is 0 Å². The molecule has 0 aromatic heterocycles. The maximum Gasteiger partial charge on any atom is 0.272 e. The predicted octanol–water partition coefficient (Wildman–Crippen LogP) is 4.65. The Kier molecular flexibility index (Phi) is 4.41. The number of benzene rings is 3. The van der Waals surface area contributed by atoms with Crippen molar-refractivity contribution in [2.24, 2.45) is 0 Å². The molecule has 0 saturated carbocycles. The van der Waals surface area contributed by atoms with Crippen molar-refractivity contribution in [2.45, 2.75) is 19.4 Å². The minimum atomic E-state index is -0.309. The van der Waals surface area contributed by atoms with Gasteiger partial charge in [-0.1, -0.05) is 42.5 Å². The Morgan fingerprint density at radius 2 is 1.85 bits per heavy atom. The molecule has 3 aromatic carbocycles. The summed E-state index contributed by atoms with van der Waals surface area (Å²) in [5, 5.41) is 15.7. The Labute approximate surface area is 151 Å². The highest BCUT2D eigenvalue weighted by molar-refractivity contribution is 5.83. The zero-order valence-corrected chi connectivity index (χ0v) is 14.6. The first-order chi connectivity index (χ1) is 12.6. The summed E-state index contributed by atoms with van der Waals surface area (Å²) in [4.78, 5) is 16.9. The standard InChI is InChI=1S/C21H20N2O3/c1-15(26-22-10-11-22)18-8-9-21(23(24)25)20(14-18)13-16-6-7-17-4-2-3-5-19(17)12-16/h2-9,12,14-15H,10-11,13H2,1H3. The van der Waals surface area contributed by atoms with Gasteiger partial charge < -0.3 is 0 Å². The fraction of sp³-hybridized carbons (Fsp3) is 0.238. The maximum atomic E-state index is 11.5. The van der Waals surface area contributed by atoms with Crippen molar-refractivity contribution in [1.29, 1.82) is 0 Å². The topological polar surface area (TPSA) is 55.4 Å². The van der Waals surface area contributed by atoms with Gasteiger partial charge in [0, 0.05) is 31.1 Å². The molecule has 1 unspecified atom stereocenters. The second kappa shape index (κ2) is 6.86. The molecule has 132 valence electrons. The lowest BCUT2D eigenvalue weighted by molar-refractivity contribution is -0.385. The van der Waals surface area contributed by atoms with Crippen LogP contribution < -0.4 is 0 Å². The summed E-state index contributed by atoms with van der Waals surface area (Å²) in [6, 6.07) is 19.6. The smallest absolute Gasteiger partial charge is 0.272 e. The summed E-state index contributed by atoms with van der Waals surface area (Å²) in [7, 11) is 0. The molecule has 0 spiro atoms. The lowest BCUT2D eigenvalue weighted by atomic mass is 9.97. The minimum Gasteiger partial charge on any atom is -0.291 e. The van der Waals surface area contributed by atoms with Crippen LogP contribution in [0.15, 0.2) is 60.7 Å². The van der Waals surface area contributed by atoms with Gasteiger partial charge in [0.2, 0.25) is 0 Å². The van der Waals surface area contributed by atoms with Crippen molar-refractivity contribution in [3.05, 3.63) is 87.5 Å². The molecule has 1 saturated heterocycles. The molecule has 0 N–H and O–H groups in total. The second-order valence-electron chi connectivity index (χ2n) is 6.68. The van der Waals surface area contributed by atoms with Crippen molar-refractivity contribution >= 4 is 16.5 Å². The van der Waals surface area contributed by atoms with Crippen LogP contribution in [0.25, 0.3) is 10.8 Å². The molecule has 4 rings (SSSR count). The van der Waals surface area contributed by atoms with Gasteiger partial charge in [-0.3, -0.25) is 15.0 Å². The Bertz CT molecular complexity index is 966. The van der Waals surface area contributed by atoms with Crippen molar-refractivity contribution in [3.8, 4) is 0 Å². The van der Waals surface area contributed by atoms with Crippen LogP contribution in [-0.2, 0) is 11.3 Å². The Morgan fingerprint density at radius 3 is 2.58 bits per heavy atom. The predicted molar refractivity (Wildman–Crippen MR) is 101 cm³/mol. The van der Waals surface area contributed by atoms with Gasteiger partial charge >= 0.3 is 0 Å². The minimum absolute atomic E-state index is 0.117. The summed E-state index contributed by atoms with van der Waals surface area (Å²) in [6.07, 6.45) is 0.402. The van der Waals surface area contributed by atoms with Crippen molar-refractivity contribution in [1.82, 2.24) is 5.06 Å². The summed E-state index contributed by atoms with van der Waals surface area (Å²) in [6.45, 7) is 3.86. The van der Waals surface area contributed by atoms with E-state index in [0.29, 0.717) is 12.0 Å². The summed E-state index contributed by atoms with van der Waals surface area (Å²) < 4.78 is 0. The third-order valence-corrected chi connectivity index (χ3v) is 4.69. The van der Waals surface area contributed by atoms with Crippen molar-refractivity contribution in [3.63, 3.8) is 0 Å². The number of hydrogen-bond donors (Lipinski definition) is 0. The van der Waals surface area contributed by atoms with Gasteiger partial charge in [-0.05, 0) is 41.0 Å². The van der Waals surface area contributed by atoms with Crippen molar-refractivity contribution < 1.29 is 9.76 Å². The van der Waals surface area contributed by atoms with Crippen LogP contribution in [0, 0.1) is 10.1 Å². The molecule has 26 heavy (non-hydrogen) atoms. The average Bonchev–Trinajstić information content (AvgIpc) is 3.45. The van der Waals surface area contributed by atoms with E-state index in [9.17, 15) is 10.1 Å². The fourth-order valence-electron chi connectivity index (χ4n) is 3.18. The number of nitro groups is 1. The van der Waals surface area contributed by atoms with Crippen LogP contribution >= 0.6 is 0 Å². The molecule has 1 heterocycles. The quantitative estimate of drug-likeness (QED) is 0.370. The van der Waals surface area contributed by atoms with E-state index in [0.717, 1.165) is 29.6 Å². The lowest BCUT2D eigenvalue weighted by Crippen LogP contribution is -2.07. The van der Waals surface area contributed by atoms with Gasteiger partial charge in [0.25, 0.3) is 5.69 Å². The number of rotatable bonds is 6. The molecular formula is C21H20N2O3. The monoisotopic (exact) mass is 348 g/mol. The summed E-state index contributed by atoms with van der Waals surface area (Å²) in [5.74, 6) is 0. The zero-order chi connectivity index (χ0) is 18.1. The first-order valence-electron chi connectivity index (χ1n) is 8.77. The molecule has 0 radical (unpaired) electrons. The molecular weight excluding hydrogens is 328 g/mol. The van der Waals surface area contributed by atoms with Gasteiger partial charge in [0.05, 0.1) is 4.92 Å². The lowest BCUT2D eigenvalue weighted by Gasteiger charge is -2.14. The molecule has 1 atom stereocenters. The van der Waals surface area contributed by atoms with E-state index < -0.39 is 0 Å². The molecule has 0 amide bonds. The van der Waals surface area contributed by atoms with Crippen LogP contribution in [0.1, 0.15) is 29.7 Å². The number of nitrogens with zero attached hydrogens (tertiary/aromatic N) is 2. The highest BCUT2D eigenvalue weighted by atomic mass is 16.7. The normalized spacial score (nSPS) is 15.1. The molecule has 0 aliphatic carbocycles. The molecule has 5 heteroatoms. The van der Waals surface area contributed by atoms with E-state index in [2.05, 4.69) is 24.3 Å². The molecule has 5 nitrogen and oxygen atoms in total. The van der Waals surface area contributed by atoms with Gasteiger partial charge in [0.15, 0.2) is 0 Å². The average molecular weight is 348 g/mol. The number of nitro benzene ring substituents is 1. The summed E-state index contributed by atoms with van der Waals surface area (Å²) >= 11 is 0. The number of hydrogen-bond acceptors (Lipinski definition) is 4. The van der Waals surface area contributed by atoms with E-state index in [1.54, 1.807) is 12.1 Å². The molecule has 1 aliphatic heterocycles. The van der Waals surface area contributed by atoms with E-state index in [1.807, 2.05) is 36.3 Å². The number of fused-ring (bicyclic) bond motifs is 1. The Morgan fingerprint density at radius 1 is 1.08 bits per heavy atom. The van der Waals surface area contributed by atoms with Crippen molar-refractivity contribution in [2.75, 3.05) is 13.1 Å². The summed E-state index contributed by atoms with van der Waals surface area (Å²) in [5.41, 5.74) is 2.88. The Hall–Kier alpha value is -2.76. The van der Waals surface area contributed by atoms with Crippen LogP contribution in [-0.4, -0.2) is 23.1 Å². The Balaban J connectivity index is 1.66. The molecule has 1 aliphatic rings. The van der Waals surface area contributed by atoms with Crippen LogP contribution in [0.4, 0.5) is 5.69 Å². The van der Waals surface area contributed by atoms with Crippen LogP contribution in [0.2, 0.25) is 0 Å². The molecule has 0 bridgehead atoms. The second-order valence-corrected chi connectivity index (χ2v) is 6.68. The molecule has 1 fully saturated rings. The van der Waals surface area contributed by atoms with Gasteiger partial charge in [-0.2, -0.15) is 5.06 Å². The van der Waals surface area contributed by atoms with Gasteiger partial charge in [-0.25, -0.2) is 0 Å². The highest BCUT2D eigenvalue weighted by Gasteiger charge is 2.23. The van der Waals surface area contributed by atoms with Crippen LogP contribution in [0.5, 0.6) is 0 Å². The maximum absolute atomic E-state index is 11.5. The van der Waals surface area contributed by atoms with E-state index >= 15 is 0 Å². The first-order valence-corrected chi connectivity index (χ1v) is 8.77. The fourth-order valence-corrected chi connectivity index (χ4v) is 3.18. The van der Waals surface area contributed by atoms with Gasteiger partial charge in [0.1, 0.15) is 6.10 Å². The molecule has 3 aromatic rings. The first kappa shape index (κ1) is 16.7. The zero-order valence-electron chi connectivity index (χ0n) is 14.6. The van der Waals surface area contributed by atoms with E-state index in [4.69, 9.17) is 4.84 Å². The van der Waals surface area contributed by atoms with Gasteiger partial charge in [-0.15, -0.1) is 0 Å². The third kappa shape index (κ3) is 3.59. The van der Waals surface area contributed by atoms with E-state index in [-0.39, 0.29) is 16.7 Å². The largest absolute Gasteiger partial charge is 0.291 e.